The Hall–Kier alpha value is -2.62. The lowest BCUT2D eigenvalue weighted by Crippen LogP contribution is -2.46. The van der Waals surface area contributed by atoms with Crippen molar-refractivity contribution >= 4 is 40.6 Å². The number of nitrogens with one attached hydrogen (secondary N) is 2. The van der Waals surface area contributed by atoms with Crippen LogP contribution in [0.1, 0.15) is 11.1 Å². The van der Waals surface area contributed by atoms with Crippen LogP contribution in [-0.2, 0) is 27.4 Å². The Morgan fingerprint density at radius 2 is 1.70 bits per heavy atom. The first-order valence-electron chi connectivity index (χ1n) is 8.16. The Morgan fingerprint density at radius 1 is 1.04 bits per heavy atom. The fraction of sp³-hybridized carbons (Fsp3) is 0.211. The summed E-state index contributed by atoms with van der Waals surface area (Å²) in [5.41, 5.74) is 1.64. The number of carboxylic acids is 1. The van der Waals surface area contributed by atoms with Crippen molar-refractivity contribution in [3.05, 3.63) is 69.3 Å². The van der Waals surface area contributed by atoms with Gasteiger partial charge in [0.25, 0.3) is 0 Å². The molecule has 2 rings (SSSR count). The number of alkyl carbamates (subject to hydrolysis) is 1. The molecule has 8 heteroatoms. The molecule has 3 N–H and O–H groups in total. The molecule has 2 amide bonds. The van der Waals surface area contributed by atoms with Crippen LogP contribution in [0, 0.1) is 3.57 Å². The summed E-state index contributed by atoms with van der Waals surface area (Å²) in [6.45, 7) is -0.290. The lowest BCUT2D eigenvalue weighted by molar-refractivity contribution is -0.141. The van der Waals surface area contributed by atoms with E-state index >= 15 is 0 Å². The Kier molecular flexibility index (Phi) is 8.05. The number of carbonyl (C=O) groups is 3. The molecule has 0 saturated carbocycles. The highest BCUT2D eigenvalue weighted by Crippen LogP contribution is 2.13. The van der Waals surface area contributed by atoms with Crippen molar-refractivity contribution in [2.75, 3.05) is 6.54 Å². The largest absolute Gasteiger partial charge is 0.480 e. The van der Waals surface area contributed by atoms with Crippen LogP contribution < -0.4 is 10.6 Å². The third-order valence-corrected chi connectivity index (χ3v) is 4.67. The Bertz CT molecular complexity index is 798. The fourth-order valence-electron chi connectivity index (χ4n) is 2.26. The maximum atomic E-state index is 12.0. The first-order chi connectivity index (χ1) is 13.0. The van der Waals surface area contributed by atoms with Gasteiger partial charge in [-0.3, -0.25) is 4.79 Å². The highest BCUT2D eigenvalue weighted by atomic mass is 127. The van der Waals surface area contributed by atoms with E-state index in [1.165, 1.54) is 0 Å². The zero-order valence-corrected chi connectivity index (χ0v) is 16.5. The molecule has 0 aliphatic rings. The van der Waals surface area contributed by atoms with Crippen molar-refractivity contribution in [1.29, 1.82) is 0 Å². The molecule has 0 fully saturated rings. The molecule has 2 aromatic rings. The summed E-state index contributed by atoms with van der Waals surface area (Å²) in [4.78, 5) is 35.0. The van der Waals surface area contributed by atoms with Gasteiger partial charge >= 0.3 is 12.1 Å². The summed E-state index contributed by atoms with van der Waals surface area (Å²) in [7, 11) is 0. The van der Waals surface area contributed by atoms with Gasteiger partial charge in [0.2, 0.25) is 5.91 Å². The topological polar surface area (TPSA) is 105 Å². The minimum absolute atomic E-state index is 0.0818. The Balaban J connectivity index is 1.79. The number of hydrogen-bond acceptors (Lipinski definition) is 4. The molecule has 2 aromatic carbocycles. The predicted octanol–water partition coefficient (Wildman–Crippen LogP) is 2.33. The molecule has 0 unspecified atom stereocenters. The highest BCUT2D eigenvalue weighted by Gasteiger charge is 2.21. The van der Waals surface area contributed by atoms with E-state index in [2.05, 4.69) is 33.2 Å². The molecule has 1 atom stereocenters. The number of benzene rings is 2. The van der Waals surface area contributed by atoms with Crippen LogP contribution in [0.5, 0.6) is 0 Å². The Labute approximate surface area is 170 Å². The van der Waals surface area contributed by atoms with Crippen LogP contribution in [0.3, 0.4) is 0 Å². The number of aliphatic carboxylic acids is 1. The van der Waals surface area contributed by atoms with Gasteiger partial charge in [0, 0.05) is 9.99 Å². The molecule has 0 bridgehead atoms. The number of amides is 2. The van der Waals surface area contributed by atoms with Crippen molar-refractivity contribution in [2.45, 2.75) is 19.1 Å². The number of carboxylic acid groups (broad SMARTS) is 1. The molecule has 27 heavy (non-hydrogen) atoms. The normalized spacial score (nSPS) is 11.3. The van der Waals surface area contributed by atoms with Gasteiger partial charge in [0.15, 0.2) is 0 Å². The van der Waals surface area contributed by atoms with E-state index in [9.17, 15) is 19.5 Å². The van der Waals surface area contributed by atoms with Crippen molar-refractivity contribution in [3.8, 4) is 0 Å². The second-order valence-corrected chi connectivity index (χ2v) is 6.83. The third-order valence-electron chi connectivity index (χ3n) is 3.62. The first-order valence-corrected chi connectivity index (χ1v) is 9.23. The molecule has 0 heterocycles. The van der Waals surface area contributed by atoms with Crippen LogP contribution in [0.2, 0.25) is 0 Å². The number of hydrogen-bond donors (Lipinski definition) is 3. The van der Waals surface area contributed by atoms with Crippen molar-refractivity contribution < 1.29 is 24.2 Å². The van der Waals surface area contributed by atoms with Gasteiger partial charge in [-0.15, -0.1) is 0 Å². The minimum atomic E-state index is -1.14. The summed E-state index contributed by atoms with van der Waals surface area (Å²) in [5, 5.41) is 14.0. The number of carbonyl (C=O) groups excluding carboxylic acids is 2. The second kappa shape index (κ2) is 10.5. The van der Waals surface area contributed by atoms with Crippen molar-refractivity contribution in [1.82, 2.24) is 10.6 Å². The molecule has 0 spiro atoms. The monoisotopic (exact) mass is 482 g/mol. The van der Waals surface area contributed by atoms with Crippen LogP contribution in [0.25, 0.3) is 0 Å². The molecule has 0 aromatic heterocycles. The van der Waals surface area contributed by atoms with Crippen LogP contribution in [0.4, 0.5) is 4.79 Å². The summed E-state index contributed by atoms with van der Waals surface area (Å²) < 4.78 is 5.91. The van der Waals surface area contributed by atoms with Gasteiger partial charge in [-0.05, 0) is 39.8 Å². The molecule has 142 valence electrons. The van der Waals surface area contributed by atoms with E-state index in [-0.39, 0.29) is 19.6 Å². The van der Waals surface area contributed by atoms with Crippen LogP contribution in [0.15, 0.2) is 54.6 Å². The zero-order chi connectivity index (χ0) is 19.6. The fourth-order valence-corrected chi connectivity index (χ4v) is 2.86. The molecule has 7 nitrogen and oxygen atoms in total. The second-order valence-electron chi connectivity index (χ2n) is 5.67. The average Bonchev–Trinajstić information content (AvgIpc) is 2.66. The van der Waals surface area contributed by atoms with Gasteiger partial charge in [0.05, 0.1) is 0 Å². The minimum Gasteiger partial charge on any atom is -0.480 e. The van der Waals surface area contributed by atoms with Crippen molar-refractivity contribution in [2.24, 2.45) is 0 Å². The molecule has 0 aliphatic carbocycles. The number of halogens is 1. The average molecular weight is 482 g/mol. The van der Waals surface area contributed by atoms with Gasteiger partial charge < -0.3 is 20.5 Å². The van der Waals surface area contributed by atoms with E-state index in [0.717, 1.165) is 14.7 Å². The highest BCUT2D eigenvalue weighted by molar-refractivity contribution is 14.1. The summed E-state index contributed by atoms with van der Waals surface area (Å²) in [5.74, 6) is -1.75. The molecular formula is C19H19IN2O5. The lowest BCUT2D eigenvalue weighted by atomic mass is 10.1. The van der Waals surface area contributed by atoms with Gasteiger partial charge in [-0.2, -0.15) is 0 Å². The molecule has 0 aliphatic heterocycles. The zero-order valence-electron chi connectivity index (χ0n) is 14.4. The SMILES string of the molecule is O=C(CNC(=O)OCc1ccccc1)N[C@H](Cc1ccccc1I)C(=O)O. The maximum Gasteiger partial charge on any atom is 0.407 e. The van der Waals surface area contributed by atoms with Crippen LogP contribution in [-0.4, -0.2) is 35.7 Å². The maximum absolute atomic E-state index is 12.0. The number of ether oxygens (including phenoxy) is 1. The molecule has 0 radical (unpaired) electrons. The first kappa shape index (κ1) is 20.7. The Morgan fingerprint density at radius 3 is 2.37 bits per heavy atom. The molecular weight excluding hydrogens is 463 g/mol. The summed E-state index contributed by atoms with van der Waals surface area (Å²) in [6, 6.07) is 15.4. The standard InChI is InChI=1S/C19H19IN2O5/c20-15-9-5-4-8-14(15)10-16(18(24)25)22-17(23)11-21-19(26)27-12-13-6-2-1-3-7-13/h1-9,16H,10-12H2,(H,21,26)(H,22,23)(H,24,25)/t16-/m1/s1. The molecule has 0 saturated heterocycles. The predicted molar refractivity (Wildman–Crippen MR) is 107 cm³/mol. The van der Waals surface area contributed by atoms with Gasteiger partial charge in [-0.1, -0.05) is 48.5 Å². The van der Waals surface area contributed by atoms with E-state index in [1.807, 2.05) is 54.6 Å². The summed E-state index contributed by atoms with van der Waals surface area (Å²) in [6.07, 6.45) is -0.600. The van der Waals surface area contributed by atoms with Gasteiger partial charge in [-0.25, -0.2) is 9.59 Å². The smallest absolute Gasteiger partial charge is 0.407 e. The quantitative estimate of drug-likeness (QED) is 0.502. The van der Waals surface area contributed by atoms with Crippen molar-refractivity contribution in [3.63, 3.8) is 0 Å². The van der Waals surface area contributed by atoms with E-state index in [1.54, 1.807) is 0 Å². The third kappa shape index (κ3) is 7.26. The van der Waals surface area contributed by atoms with Gasteiger partial charge in [0.1, 0.15) is 19.2 Å². The summed E-state index contributed by atoms with van der Waals surface area (Å²) >= 11 is 2.11. The van der Waals surface area contributed by atoms with E-state index < -0.39 is 24.0 Å². The number of rotatable bonds is 8. The van der Waals surface area contributed by atoms with E-state index in [0.29, 0.717) is 0 Å². The van der Waals surface area contributed by atoms with E-state index in [4.69, 9.17) is 4.74 Å². The lowest BCUT2D eigenvalue weighted by Gasteiger charge is -2.16. The van der Waals surface area contributed by atoms with Crippen LogP contribution >= 0.6 is 22.6 Å².